The zero-order valence-corrected chi connectivity index (χ0v) is 17.9. The fourth-order valence-corrected chi connectivity index (χ4v) is 5.61. The van der Waals surface area contributed by atoms with Crippen molar-refractivity contribution >= 4 is 5.91 Å². The van der Waals surface area contributed by atoms with E-state index in [1.807, 2.05) is 30.3 Å². The number of carbonyl (C=O) groups excluding carboxylic acids is 1. The quantitative estimate of drug-likeness (QED) is 0.691. The smallest absolute Gasteiger partial charge is 0.256 e. The van der Waals surface area contributed by atoms with Crippen LogP contribution in [0.2, 0.25) is 0 Å². The standard InChI is InChI=1S/C25H36N2O2/c1-18(2)13-14-27-16-22-21(23(22)17-27)15-26-24(28)25(29,19-9-5-3-6-10-19)20-11-7-4-8-12-20/h3,5-6,9-10,13,20-23,29H,4,7-8,11-12,14-17H2,1-2H3,(H,26,28). The number of fused-ring (bicyclic) bond motifs is 1. The van der Waals surface area contributed by atoms with Crippen molar-refractivity contribution in [3.63, 3.8) is 0 Å². The zero-order chi connectivity index (χ0) is 20.4. The molecule has 4 heteroatoms. The maximum absolute atomic E-state index is 13.3. The molecule has 2 saturated carbocycles. The summed E-state index contributed by atoms with van der Waals surface area (Å²) in [5, 5.41) is 14.8. The number of aliphatic hydroxyl groups is 1. The van der Waals surface area contributed by atoms with Crippen molar-refractivity contribution in [3.8, 4) is 0 Å². The molecule has 3 unspecified atom stereocenters. The summed E-state index contributed by atoms with van der Waals surface area (Å²) in [6.45, 7) is 8.32. The van der Waals surface area contributed by atoms with Crippen molar-refractivity contribution in [2.75, 3.05) is 26.2 Å². The average molecular weight is 397 g/mol. The Hall–Kier alpha value is -1.65. The number of amides is 1. The van der Waals surface area contributed by atoms with Crippen molar-refractivity contribution < 1.29 is 9.90 Å². The summed E-state index contributed by atoms with van der Waals surface area (Å²) in [4.78, 5) is 15.8. The largest absolute Gasteiger partial charge is 0.375 e. The van der Waals surface area contributed by atoms with Crippen LogP contribution in [0.1, 0.15) is 51.5 Å². The summed E-state index contributed by atoms with van der Waals surface area (Å²) < 4.78 is 0. The Morgan fingerprint density at radius 2 is 1.79 bits per heavy atom. The average Bonchev–Trinajstić information content (AvgIpc) is 3.20. The summed E-state index contributed by atoms with van der Waals surface area (Å²) in [7, 11) is 0. The Kier molecular flexibility index (Phi) is 6.12. The molecular weight excluding hydrogens is 360 g/mol. The summed E-state index contributed by atoms with van der Waals surface area (Å²) in [5.74, 6) is 1.81. The zero-order valence-electron chi connectivity index (χ0n) is 17.9. The summed E-state index contributed by atoms with van der Waals surface area (Å²) in [6, 6.07) is 9.59. The van der Waals surface area contributed by atoms with Gasteiger partial charge in [0.05, 0.1) is 0 Å². The molecule has 1 heterocycles. The summed E-state index contributed by atoms with van der Waals surface area (Å²) in [5.41, 5.74) is 0.715. The van der Waals surface area contributed by atoms with Gasteiger partial charge in [-0.3, -0.25) is 9.69 Å². The highest BCUT2D eigenvalue weighted by atomic mass is 16.3. The van der Waals surface area contributed by atoms with Crippen LogP contribution in [0, 0.1) is 23.7 Å². The maximum atomic E-state index is 13.3. The van der Waals surface area contributed by atoms with Gasteiger partial charge < -0.3 is 10.4 Å². The van der Waals surface area contributed by atoms with Gasteiger partial charge in [0.2, 0.25) is 0 Å². The first-order valence-electron chi connectivity index (χ1n) is 11.4. The van der Waals surface area contributed by atoms with Crippen LogP contribution in [0.25, 0.3) is 0 Å². The number of nitrogens with zero attached hydrogens (tertiary/aromatic N) is 1. The van der Waals surface area contributed by atoms with Crippen molar-refractivity contribution in [2.24, 2.45) is 23.7 Å². The predicted molar refractivity (Wildman–Crippen MR) is 116 cm³/mol. The van der Waals surface area contributed by atoms with E-state index in [0.717, 1.165) is 50.9 Å². The monoisotopic (exact) mass is 396 g/mol. The highest BCUT2D eigenvalue weighted by Gasteiger charge is 2.55. The molecule has 1 aliphatic heterocycles. The van der Waals surface area contributed by atoms with Gasteiger partial charge in [0, 0.05) is 32.1 Å². The molecule has 29 heavy (non-hydrogen) atoms. The number of likely N-dealkylation sites (tertiary alicyclic amines) is 1. The maximum Gasteiger partial charge on any atom is 0.256 e. The molecule has 1 aromatic rings. The number of piperidine rings is 1. The van der Waals surface area contributed by atoms with Crippen LogP contribution in [-0.2, 0) is 10.4 Å². The SMILES string of the molecule is CC(C)=CCN1CC2C(CNC(=O)C(O)(c3ccccc3)C3CCCCC3)C2C1. The second kappa shape index (κ2) is 8.61. The number of rotatable bonds is 7. The number of nitrogens with one attached hydrogen (secondary N) is 1. The minimum Gasteiger partial charge on any atom is -0.375 e. The number of hydrogen-bond acceptors (Lipinski definition) is 3. The molecule has 3 atom stereocenters. The third-order valence-electron chi connectivity index (χ3n) is 7.46. The third-order valence-corrected chi connectivity index (χ3v) is 7.46. The van der Waals surface area contributed by atoms with E-state index >= 15 is 0 Å². The van der Waals surface area contributed by atoms with Crippen molar-refractivity contribution in [1.29, 1.82) is 0 Å². The predicted octanol–water partition coefficient (Wildman–Crippen LogP) is 3.71. The fourth-order valence-electron chi connectivity index (χ4n) is 5.61. The van der Waals surface area contributed by atoms with Gasteiger partial charge in [-0.1, -0.05) is 61.2 Å². The molecule has 4 nitrogen and oxygen atoms in total. The van der Waals surface area contributed by atoms with E-state index in [0.29, 0.717) is 24.3 Å². The first-order chi connectivity index (χ1) is 14.0. The highest BCUT2D eigenvalue weighted by Crippen LogP contribution is 2.51. The van der Waals surface area contributed by atoms with Gasteiger partial charge in [-0.05, 0) is 50.0 Å². The lowest BCUT2D eigenvalue weighted by Crippen LogP contribution is -2.50. The van der Waals surface area contributed by atoms with E-state index < -0.39 is 5.60 Å². The van der Waals surface area contributed by atoms with Crippen LogP contribution in [0.5, 0.6) is 0 Å². The Morgan fingerprint density at radius 3 is 2.41 bits per heavy atom. The van der Waals surface area contributed by atoms with Crippen LogP contribution < -0.4 is 5.32 Å². The molecule has 2 N–H and O–H groups in total. The topological polar surface area (TPSA) is 52.6 Å². The van der Waals surface area contributed by atoms with Crippen molar-refractivity contribution in [1.82, 2.24) is 10.2 Å². The molecule has 4 rings (SSSR count). The van der Waals surface area contributed by atoms with Gasteiger partial charge in [-0.2, -0.15) is 0 Å². The molecule has 1 saturated heterocycles. The molecule has 0 aromatic heterocycles. The van der Waals surface area contributed by atoms with Crippen LogP contribution >= 0.6 is 0 Å². The molecule has 1 amide bonds. The van der Waals surface area contributed by atoms with Gasteiger partial charge in [0.15, 0.2) is 5.60 Å². The molecule has 3 fully saturated rings. The fraction of sp³-hybridized carbons (Fsp3) is 0.640. The lowest BCUT2D eigenvalue weighted by molar-refractivity contribution is -0.149. The van der Waals surface area contributed by atoms with Crippen LogP contribution in [0.3, 0.4) is 0 Å². The van der Waals surface area contributed by atoms with Gasteiger partial charge >= 0.3 is 0 Å². The van der Waals surface area contributed by atoms with E-state index in [-0.39, 0.29) is 11.8 Å². The van der Waals surface area contributed by atoms with E-state index in [1.54, 1.807) is 0 Å². The minimum absolute atomic E-state index is 0.0110. The van der Waals surface area contributed by atoms with Crippen molar-refractivity contribution in [2.45, 2.75) is 51.6 Å². The normalized spacial score (nSPS) is 29.0. The Balaban J connectivity index is 1.36. The van der Waals surface area contributed by atoms with E-state index in [4.69, 9.17) is 0 Å². The molecule has 2 aliphatic carbocycles. The second-order valence-electron chi connectivity index (χ2n) is 9.67. The van der Waals surface area contributed by atoms with Crippen LogP contribution in [0.4, 0.5) is 0 Å². The lowest BCUT2D eigenvalue weighted by Gasteiger charge is -2.37. The molecule has 0 bridgehead atoms. The summed E-state index contributed by atoms with van der Waals surface area (Å²) in [6.07, 6.45) is 7.55. The summed E-state index contributed by atoms with van der Waals surface area (Å²) >= 11 is 0. The molecule has 0 spiro atoms. The molecule has 158 valence electrons. The van der Waals surface area contributed by atoms with E-state index in [9.17, 15) is 9.90 Å². The second-order valence-corrected chi connectivity index (χ2v) is 9.67. The van der Waals surface area contributed by atoms with E-state index in [1.165, 1.54) is 12.0 Å². The van der Waals surface area contributed by atoms with Gasteiger partial charge in [0.1, 0.15) is 0 Å². The van der Waals surface area contributed by atoms with Gasteiger partial charge in [0.25, 0.3) is 5.91 Å². The number of allylic oxidation sites excluding steroid dienone is 1. The first kappa shape index (κ1) is 20.6. The molecule has 1 aromatic carbocycles. The highest BCUT2D eigenvalue weighted by molar-refractivity contribution is 5.86. The third kappa shape index (κ3) is 4.29. The number of benzene rings is 1. The van der Waals surface area contributed by atoms with Crippen LogP contribution in [0.15, 0.2) is 42.0 Å². The van der Waals surface area contributed by atoms with Gasteiger partial charge in [-0.15, -0.1) is 0 Å². The number of hydrogen-bond donors (Lipinski definition) is 2. The number of carbonyl (C=O) groups is 1. The molecular formula is C25H36N2O2. The Bertz CT molecular complexity index is 724. The molecule has 3 aliphatic rings. The first-order valence-corrected chi connectivity index (χ1v) is 11.4. The minimum atomic E-state index is -1.40. The Labute approximate surface area is 175 Å². The van der Waals surface area contributed by atoms with Crippen molar-refractivity contribution in [3.05, 3.63) is 47.5 Å². The van der Waals surface area contributed by atoms with Gasteiger partial charge in [-0.25, -0.2) is 0 Å². The Morgan fingerprint density at radius 1 is 1.14 bits per heavy atom. The van der Waals surface area contributed by atoms with E-state index in [2.05, 4.69) is 30.1 Å². The van der Waals surface area contributed by atoms with Crippen LogP contribution in [-0.4, -0.2) is 42.1 Å². The lowest BCUT2D eigenvalue weighted by atomic mass is 9.73. The molecule has 0 radical (unpaired) electrons.